The van der Waals surface area contributed by atoms with Gasteiger partial charge >= 0.3 is 11.9 Å². The summed E-state index contributed by atoms with van der Waals surface area (Å²) < 4.78 is 31.2. The summed E-state index contributed by atoms with van der Waals surface area (Å²) in [6, 6.07) is 9.08. The van der Waals surface area contributed by atoms with Gasteiger partial charge in [-0.3, -0.25) is 9.59 Å². The van der Waals surface area contributed by atoms with Crippen molar-refractivity contribution in [2.24, 2.45) is 29.1 Å². The monoisotopic (exact) mass is 690 g/mol. The molecule has 2 fully saturated rings. The minimum atomic E-state index is -1.11. The molecule has 12 atom stereocenters. The number of carbonyl (C=O) groups excluding carboxylic acids is 2. The molecule has 1 aromatic carbocycles. The minimum Gasteiger partial charge on any atom is -0.465 e. The molecule has 3 N–H and O–H groups in total. The second kappa shape index (κ2) is 17.2. The Kier molecular flexibility index (Phi) is 14.4. The van der Waals surface area contributed by atoms with E-state index in [1.165, 1.54) is 0 Å². The molecule has 2 aliphatic rings. The zero-order valence-corrected chi connectivity index (χ0v) is 31.5. The molecular weight excluding hydrogens is 628 g/mol. The van der Waals surface area contributed by atoms with Crippen LogP contribution in [0, 0.1) is 34.5 Å². The molecule has 2 aliphatic heterocycles. The highest BCUT2D eigenvalue weighted by Crippen LogP contribution is 2.40. The lowest BCUT2D eigenvalue weighted by atomic mass is 9.71. The normalized spacial score (nSPS) is 38.0. The summed E-state index contributed by atoms with van der Waals surface area (Å²) in [5.74, 6) is -3.05. The van der Waals surface area contributed by atoms with Gasteiger partial charge in [0, 0.05) is 36.1 Å². The van der Waals surface area contributed by atoms with Crippen LogP contribution in [0.1, 0.15) is 80.2 Å². The van der Waals surface area contributed by atoms with Crippen molar-refractivity contribution in [3.63, 3.8) is 0 Å². The number of rotatable bonds is 8. The summed E-state index contributed by atoms with van der Waals surface area (Å²) in [4.78, 5) is 28.8. The number of ether oxygens (including phenoxy) is 5. The first-order chi connectivity index (χ1) is 22.8. The average Bonchev–Trinajstić information content (AvgIpc) is 3.05. The van der Waals surface area contributed by atoms with Gasteiger partial charge in [-0.15, -0.1) is 0 Å². The Labute approximate surface area is 293 Å². The lowest BCUT2D eigenvalue weighted by Gasteiger charge is -2.48. The van der Waals surface area contributed by atoms with Crippen LogP contribution >= 0.6 is 0 Å². The zero-order valence-electron chi connectivity index (χ0n) is 31.5. The summed E-state index contributed by atoms with van der Waals surface area (Å²) in [6.45, 7) is 14.7. The fraction of sp³-hybridized carbons (Fsp3) is 0.763. The molecule has 0 amide bonds. The highest BCUT2D eigenvalue weighted by Gasteiger charge is 2.49. The summed E-state index contributed by atoms with van der Waals surface area (Å²) in [5, 5.41) is 32.2. The summed E-state index contributed by atoms with van der Waals surface area (Å²) in [7, 11) is 5.37. The molecular formula is C38H62N2O9. The molecule has 3 rings (SSSR count). The molecule has 278 valence electrons. The lowest BCUT2D eigenvalue weighted by Crippen LogP contribution is -2.59. The molecule has 0 saturated carbocycles. The van der Waals surface area contributed by atoms with E-state index in [0.29, 0.717) is 18.6 Å². The first kappa shape index (κ1) is 41.0. The average molecular weight is 691 g/mol. The lowest BCUT2D eigenvalue weighted by molar-refractivity contribution is -0.299. The highest BCUT2D eigenvalue weighted by atomic mass is 16.7. The molecule has 0 spiro atoms. The number of nitrogens with zero attached hydrogens (tertiary/aromatic N) is 1. The van der Waals surface area contributed by atoms with Crippen LogP contribution in [0.4, 0.5) is 0 Å². The number of hydrogen-bond acceptors (Lipinski definition) is 11. The number of cyclic esters (lactones) is 1. The second-order valence-electron chi connectivity index (χ2n) is 15.6. The van der Waals surface area contributed by atoms with Crippen LogP contribution in [0.25, 0.3) is 0 Å². The van der Waals surface area contributed by atoms with Crippen LogP contribution in [0.15, 0.2) is 30.3 Å². The summed E-state index contributed by atoms with van der Waals surface area (Å²) in [5.41, 5.74) is -0.817. The van der Waals surface area contributed by atoms with Crippen molar-refractivity contribution < 1.29 is 43.5 Å². The maximum atomic E-state index is 13.7. The van der Waals surface area contributed by atoms with Gasteiger partial charge in [0.25, 0.3) is 0 Å². The number of esters is 2. The van der Waals surface area contributed by atoms with Gasteiger partial charge in [-0.1, -0.05) is 65.0 Å². The van der Waals surface area contributed by atoms with Crippen molar-refractivity contribution in [3.05, 3.63) is 35.9 Å². The van der Waals surface area contributed by atoms with Crippen molar-refractivity contribution in [3.8, 4) is 0 Å². The molecule has 11 nitrogen and oxygen atoms in total. The van der Waals surface area contributed by atoms with Crippen LogP contribution in [0.3, 0.4) is 0 Å². The quantitative estimate of drug-likeness (QED) is 0.330. The van der Waals surface area contributed by atoms with Crippen molar-refractivity contribution >= 4 is 17.7 Å². The Hall–Kier alpha value is -2.41. The van der Waals surface area contributed by atoms with E-state index in [1.54, 1.807) is 21.0 Å². The van der Waals surface area contributed by atoms with Gasteiger partial charge in [0.1, 0.15) is 12.2 Å². The molecule has 0 bridgehead atoms. The summed E-state index contributed by atoms with van der Waals surface area (Å²) in [6.07, 6.45) is -3.55. The van der Waals surface area contributed by atoms with Crippen LogP contribution in [0.2, 0.25) is 0 Å². The number of likely N-dealkylation sites (N-methyl/N-ethyl adjacent to an activating group) is 1. The molecule has 12 unspecified atom stereocenters. The van der Waals surface area contributed by atoms with E-state index in [9.17, 15) is 19.8 Å². The fourth-order valence-corrected chi connectivity index (χ4v) is 7.38. The smallest absolute Gasteiger partial charge is 0.310 e. The Morgan fingerprint density at radius 2 is 1.65 bits per heavy atom. The van der Waals surface area contributed by atoms with Gasteiger partial charge in [-0.05, 0) is 65.6 Å². The highest BCUT2D eigenvalue weighted by molar-refractivity contribution is 5.86. The summed E-state index contributed by atoms with van der Waals surface area (Å²) >= 11 is 0. The first-order valence-corrected chi connectivity index (χ1v) is 17.7. The molecule has 0 aromatic heterocycles. The Morgan fingerprint density at radius 3 is 2.24 bits per heavy atom. The largest absolute Gasteiger partial charge is 0.465 e. The number of aliphatic hydroxyl groups excluding tert-OH is 2. The third-order valence-corrected chi connectivity index (χ3v) is 11.1. The van der Waals surface area contributed by atoms with E-state index in [2.05, 4.69) is 0 Å². The van der Waals surface area contributed by atoms with Gasteiger partial charge in [-0.2, -0.15) is 0 Å². The predicted molar refractivity (Wildman–Crippen MR) is 187 cm³/mol. The van der Waals surface area contributed by atoms with Crippen LogP contribution < -0.4 is 0 Å². The number of methoxy groups -OCH3 is 1. The minimum absolute atomic E-state index is 0.0751. The predicted octanol–water partition coefficient (Wildman–Crippen LogP) is 4.65. The number of carbonyl (C=O) groups is 2. The maximum Gasteiger partial charge on any atom is 0.310 e. The van der Waals surface area contributed by atoms with E-state index < -0.39 is 71.4 Å². The van der Waals surface area contributed by atoms with Gasteiger partial charge in [0.05, 0.1) is 42.9 Å². The maximum absolute atomic E-state index is 13.7. The van der Waals surface area contributed by atoms with Crippen molar-refractivity contribution in [2.45, 2.75) is 130 Å². The van der Waals surface area contributed by atoms with Crippen molar-refractivity contribution in [2.75, 3.05) is 27.8 Å². The Morgan fingerprint density at radius 1 is 1.02 bits per heavy atom. The Balaban J connectivity index is 2.10. The number of aliphatic hydroxyl groups is 2. The third kappa shape index (κ3) is 10.1. The van der Waals surface area contributed by atoms with Crippen molar-refractivity contribution in [1.82, 2.24) is 4.90 Å². The van der Waals surface area contributed by atoms with E-state index in [1.807, 2.05) is 90.9 Å². The third-order valence-electron chi connectivity index (χ3n) is 11.1. The number of hydrogen-bond donors (Lipinski definition) is 3. The van der Waals surface area contributed by atoms with Crippen LogP contribution in [0.5, 0.6) is 0 Å². The molecule has 0 aliphatic carbocycles. The van der Waals surface area contributed by atoms with Crippen molar-refractivity contribution in [1.29, 1.82) is 5.41 Å². The van der Waals surface area contributed by atoms with E-state index in [-0.39, 0.29) is 37.5 Å². The van der Waals surface area contributed by atoms with Crippen LogP contribution in [-0.2, 0) is 39.7 Å². The molecule has 2 saturated heterocycles. The molecule has 11 heteroatoms. The van der Waals surface area contributed by atoms with Gasteiger partial charge in [-0.25, -0.2) is 0 Å². The Bertz CT molecular complexity index is 1240. The van der Waals surface area contributed by atoms with Gasteiger partial charge in [0.15, 0.2) is 6.29 Å². The van der Waals surface area contributed by atoms with Gasteiger partial charge < -0.3 is 44.2 Å². The molecule has 0 radical (unpaired) electrons. The van der Waals surface area contributed by atoms with E-state index in [0.717, 1.165) is 5.56 Å². The van der Waals surface area contributed by atoms with Gasteiger partial charge in [0.2, 0.25) is 0 Å². The SMILES string of the molecule is COC1(C)CC(C)C(=N)C(C)C(O)C(C)(C)C(C)OC(=O)C(C)CC(COC(=O)Cc2ccccc2)C1OC1OC(C)CC(N(C)C)C1O. The second-order valence-corrected chi connectivity index (χ2v) is 15.6. The fourth-order valence-electron chi connectivity index (χ4n) is 7.38. The zero-order chi connectivity index (χ0) is 36.8. The van der Waals surface area contributed by atoms with E-state index >= 15 is 0 Å². The topological polar surface area (TPSA) is 148 Å². The van der Waals surface area contributed by atoms with E-state index in [4.69, 9.17) is 29.1 Å². The molecule has 2 heterocycles. The first-order valence-electron chi connectivity index (χ1n) is 17.7. The van der Waals surface area contributed by atoms with Crippen LogP contribution in [-0.4, -0.2) is 109 Å². The number of benzene rings is 1. The standard InChI is InChI=1S/C38H62N2O9/c1-22-17-28(21-46-30(41)19-27-15-13-12-14-16-27)34(49-36-32(42)29(40(9)10)18-24(3)47-36)38(8,45-11)20-23(2)31(39)25(4)33(43)37(6,7)26(5)48-35(22)44/h12-16,22-26,28-29,32-34,36,39,42-43H,17-21H2,1-11H3. The molecule has 49 heavy (non-hydrogen) atoms. The molecule has 1 aromatic rings. The number of nitrogens with one attached hydrogen (secondary N) is 1.